The molecule has 7 heteroatoms. The molecule has 0 aliphatic carbocycles. The molecule has 2 aromatic rings. The monoisotopic (exact) mass is 232 g/mol. The molecule has 0 radical (unpaired) electrons. The smallest absolute Gasteiger partial charge is 0.349 e. The van der Waals surface area contributed by atoms with Gasteiger partial charge in [0.15, 0.2) is 0 Å². The van der Waals surface area contributed by atoms with E-state index in [1.54, 1.807) is 24.1 Å². The number of hydrogen-bond acceptors (Lipinski definition) is 6. The summed E-state index contributed by atoms with van der Waals surface area (Å²) in [5.74, 6) is -0.792. The second-order valence-corrected chi connectivity index (χ2v) is 3.19. The Bertz CT molecular complexity index is 564. The molecule has 0 fully saturated rings. The Morgan fingerprint density at radius 1 is 1.47 bits per heavy atom. The van der Waals surface area contributed by atoms with Crippen LogP contribution in [0.25, 0.3) is 11.3 Å². The average molecular weight is 232 g/mol. The van der Waals surface area contributed by atoms with E-state index in [2.05, 4.69) is 19.8 Å². The number of esters is 1. The summed E-state index contributed by atoms with van der Waals surface area (Å²) in [4.78, 5) is 29.3. The molecule has 0 aliphatic heterocycles. The molecule has 2 heterocycles. The van der Waals surface area contributed by atoms with Gasteiger partial charge in [0.1, 0.15) is 11.9 Å². The third kappa shape index (κ3) is 2.17. The molecule has 0 aliphatic rings. The molecule has 0 aromatic carbocycles. The zero-order valence-electron chi connectivity index (χ0n) is 8.90. The largest absolute Gasteiger partial charge is 0.392 e. The summed E-state index contributed by atoms with van der Waals surface area (Å²) in [5.41, 5.74) is 1.14. The van der Waals surface area contributed by atoms with Gasteiger partial charge in [-0.15, -0.1) is 0 Å². The molecular weight excluding hydrogens is 224 g/mol. The maximum absolute atomic E-state index is 11.5. The Kier molecular flexibility index (Phi) is 2.91. The quantitative estimate of drug-likeness (QED) is 0.426. The van der Waals surface area contributed by atoms with Crippen molar-refractivity contribution in [2.75, 3.05) is 0 Å². The van der Waals surface area contributed by atoms with Crippen molar-refractivity contribution in [2.24, 2.45) is 7.05 Å². The Balaban J connectivity index is 2.47. The summed E-state index contributed by atoms with van der Waals surface area (Å²) in [6.45, 7) is 0.0718. The molecular formula is C10H8N4O3. The first-order valence-electron chi connectivity index (χ1n) is 4.66. The summed E-state index contributed by atoms with van der Waals surface area (Å²) < 4.78 is 5.85. The third-order valence-electron chi connectivity index (χ3n) is 2.07. The maximum Gasteiger partial charge on any atom is 0.349 e. The highest BCUT2D eigenvalue weighted by molar-refractivity contribution is 5.98. The van der Waals surface area contributed by atoms with Gasteiger partial charge in [0, 0.05) is 25.0 Å². The predicted octanol–water partition coefficient (Wildman–Crippen LogP) is 0.190. The van der Waals surface area contributed by atoms with E-state index < -0.39 is 5.97 Å². The van der Waals surface area contributed by atoms with Crippen LogP contribution in [-0.2, 0) is 16.6 Å². The van der Waals surface area contributed by atoms with Crippen molar-refractivity contribution in [2.45, 2.75) is 0 Å². The van der Waals surface area contributed by atoms with Crippen LogP contribution >= 0.6 is 0 Å². The fourth-order valence-electron chi connectivity index (χ4n) is 1.36. The lowest BCUT2D eigenvalue weighted by Gasteiger charge is -2.02. The fourth-order valence-corrected chi connectivity index (χ4v) is 1.36. The van der Waals surface area contributed by atoms with Gasteiger partial charge in [-0.2, -0.15) is 5.10 Å². The van der Waals surface area contributed by atoms with E-state index in [9.17, 15) is 9.59 Å². The van der Waals surface area contributed by atoms with Gasteiger partial charge in [-0.1, -0.05) is 0 Å². The van der Waals surface area contributed by atoms with Crippen molar-refractivity contribution in [3.05, 3.63) is 30.5 Å². The highest BCUT2D eigenvalue weighted by atomic mass is 16.6. The van der Waals surface area contributed by atoms with Crippen molar-refractivity contribution in [1.29, 1.82) is 0 Å². The molecule has 0 atom stereocenters. The lowest BCUT2D eigenvalue weighted by molar-refractivity contribution is -0.123. The number of carbonyl (C=O) groups excluding carboxylic acids is 2. The second kappa shape index (κ2) is 4.52. The average Bonchev–Trinajstić information content (AvgIpc) is 2.76. The zero-order chi connectivity index (χ0) is 12.3. The van der Waals surface area contributed by atoms with Gasteiger partial charge in [0.25, 0.3) is 0 Å². The lowest BCUT2D eigenvalue weighted by atomic mass is 10.1. The van der Waals surface area contributed by atoms with Crippen molar-refractivity contribution < 1.29 is 14.3 Å². The number of carbonyl (C=O) groups is 2. The van der Waals surface area contributed by atoms with E-state index in [0.29, 0.717) is 11.3 Å². The number of hydrogen-bond donors (Lipinski definition) is 0. The van der Waals surface area contributed by atoms with Gasteiger partial charge < -0.3 is 4.74 Å². The lowest BCUT2D eigenvalue weighted by Crippen LogP contribution is -2.07. The van der Waals surface area contributed by atoms with E-state index in [4.69, 9.17) is 0 Å². The first kappa shape index (κ1) is 10.9. The Labute approximate surface area is 96.1 Å². The number of nitrogens with zero attached hydrogens (tertiary/aromatic N) is 4. The van der Waals surface area contributed by atoms with Crippen molar-refractivity contribution in [3.63, 3.8) is 0 Å². The van der Waals surface area contributed by atoms with Crippen LogP contribution in [0.2, 0.25) is 0 Å². The minimum Gasteiger partial charge on any atom is -0.392 e. The molecule has 0 bridgehead atoms. The topological polar surface area (TPSA) is 87.0 Å². The number of aryl methyl sites for hydroxylation is 1. The molecule has 0 N–H and O–H groups in total. The Morgan fingerprint density at radius 3 is 2.94 bits per heavy atom. The summed E-state index contributed by atoms with van der Waals surface area (Å²) in [5, 5.41) is 3.97. The van der Waals surface area contributed by atoms with Crippen LogP contribution < -0.4 is 0 Å². The molecule has 86 valence electrons. The summed E-state index contributed by atoms with van der Waals surface area (Å²) in [6.07, 6.45) is 5.85. The van der Waals surface area contributed by atoms with Crippen LogP contribution in [0.3, 0.4) is 0 Å². The van der Waals surface area contributed by atoms with Crippen LogP contribution in [0.15, 0.2) is 24.9 Å². The van der Waals surface area contributed by atoms with Gasteiger partial charge >= 0.3 is 12.4 Å². The highest BCUT2D eigenvalue weighted by Gasteiger charge is 2.16. The summed E-state index contributed by atoms with van der Waals surface area (Å²) >= 11 is 0. The minimum absolute atomic E-state index is 0.0718. The van der Waals surface area contributed by atoms with E-state index in [1.807, 2.05) is 0 Å². The van der Waals surface area contributed by atoms with E-state index in [0.717, 1.165) is 0 Å². The molecule has 0 unspecified atom stereocenters. The van der Waals surface area contributed by atoms with Crippen molar-refractivity contribution in [1.82, 2.24) is 19.7 Å². The molecule has 0 saturated carbocycles. The standard InChI is InChI=1S/C10H8N4O3/c1-14-4-7(2-13-14)9-8(3-11-5-12-9)10(16)17-6-15/h2-6H,1H3. The van der Waals surface area contributed by atoms with Crippen LogP contribution in [0.4, 0.5) is 0 Å². The third-order valence-corrected chi connectivity index (χ3v) is 2.07. The van der Waals surface area contributed by atoms with E-state index in [-0.39, 0.29) is 12.0 Å². The number of aromatic nitrogens is 4. The first-order chi connectivity index (χ1) is 8.22. The summed E-state index contributed by atoms with van der Waals surface area (Å²) in [7, 11) is 1.74. The molecule has 2 aromatic heterocycles. The Morgan fingerprint density at radius 2 is 2.29 bits per heavy atom. The van der Waals surface area contributed by atoms with E-state index in [1.165, 1.54) is 12.5 Å². The Hall–Kier alpha value is -2.57. The molecule has 7 nitrogen and oxygen atoms in total. The summed E-state index contributed by atoms with van der Waals surface area (Å²) in [6, 6.07) is 0. The van der Waals surface area contributed by atoms with Crippen LogP contribution in [-0.4, -0.2) is 32.2 Å². The maximum atomic E-state index is 11.5. The minimum atomic E-state index is -0.792. The fraction of sp³-hybridized carbons (Fsp3) is 0.100. The molecule has 17 heavy (non-hydrogen) atoms. The molecule has 0 amide bonds. The van der Waals surface area contributed by atoms with E-state index >= 15 is 0 Å². The normalized spacial score (nSPS) is 9.94. The SMILES string of the molecule is Cn1cc(-c2ncncc2C(=O)OC=O)cn1. The van der Waals surface area contributed by atoms with Gasteiger partial charge in [-0.25, -0.2) is 14.8 Å². The second-order valence-electron chi connectivity index (χ2n) is 3.19. The zero-order valence-corrected chi connectivity index (χ0v) is 8.90. The van der Waals surface area contributed by atoms with Crippen molar-refractivity contribution >= 4 is 12.4 Å². The van der Waals surface area contributed by atoms with Gasteiger partial charge in [-0.3, -0.25) is 9.48 Å². The van der Waals surface area contributed by atoms with Crippen LogP contribution in [0, 0.1) is 0 Å². The van der Waals surface area contributed by atoms with Gasteiger partial charge in [0.05, 0.1) is 11.9 Å². The van der Waals surface area contributed by atoms with Crippen LogP contribution in [0.1, 0.15) is 10.4 Å². The molecule has 0 spiro atoms. The number of rotatable bonds is 3. The van der Waals surface area contributed by atoms with Crippen LogP contribution in [0.5, 0.6) is 0 Å². The van der Waals surface area contributed by atoms with Gasteiger partial charge in [0.2, 0.25) is 0 Å². The molecule has 0 saturated heterocycles. The molecule has 2 rings (SSSR count). The highest BCUT2D eigenvalue weighted by Crippen LogP contribution is 2.19. The van der Waals surface area contributed by atoms with Crippen molar-refractivity contribution in [3.8, 4) is 11.3 Å². The number of ether oxygens (including phenoxy) is 1. The first-order valence-corrected chi connectivity index (χ1v) is 4.66. The van der Waals surface area contributed by atoms with Gasteiger partial charge in [-0.05, 0) is 0 Å². The predicted molar refractivity (Wildman–Crippen MR) is 55.7 cm³/mol.